The van der Waals surface area contributed by atoms with E-state index in [1.807, 2.05) is 0 Å². The quantitative estimate of drug-likeness (QED) is 0.428. The van der Waals surface area contributed by atoms with Crippen LogP contribution in [0.2, 0.25) is 0 Å². The molecule has 0 aromatic heterocycles. The van der Waals surface area contributed by atoms with Crippen LogP contribution in [0.15, 0.2) is 36.5 Å². The average molecular weight is 118 g/mol. The fraction of sp³-hybridized carbons (Fsp3) is 0.333. The van der Waals surface area contributed by atoms with Crippen molar-refractivity contribution in [1.82, 2.24) is 0 Å². The number of rotatable bonds is 0. The minimum absolute atomic E-state index is 0.727. The Hall–Kier alpha value is -0.780. The molecular weight excluding hydrogens is 108 g/mol. The van der Waals surface area contributed by atoms with Crippen LogP contribution >= 0.6 is 0 Å². The normalized spacial score (nSPS) is 37.3. The van der Waals surface area contributed by atoms with Crippen LogP contribution in [0.25, 0.3) is 0 Å². The summed E-state index contributed by atoms with van der Waals surface area (Å²) in [5.41, 5.74) is 0. The molecule has 0 N–H and O–H groups in total. The minimum Gasteiger partial charge on any atom is -0.0810 e. The van der Waals surface area contributed by atoms with Gasteiger partial charge in [-0.05, 0) is 18.3 Å². The molecule has 2 rings (SSSR count). The first kappa shape index (κ1) is 5.04. The summed E-state index contributed by atoms with van der Waals surface area (Å²) in [6.07, 6.45) is 14.7. The lowest BCUT2D eigenvalue weighted by atomic mass is 10.1. The summed E-state index contributed by atoms with van der Waals surface area (Å²) in [7, 11) is 0. The summed E-state index contributed by atoms with van der Waals surface area (Å²) in [6, 6.07) is 0. The molecule has 9 heavy (non-hydrogen) atoms. The number of hydrogen-bond donors (Lipinski definition) is 0. The monoisotopic (exact) mass is 118 g/mol. The van der Waals surface area contributed by atoms with Crippen molar-refractivity contribution in [3.8, 4) is 0 Å². The topological polar surface area (TPSA) is 0 Å². The van der Waals surface area contributed by atoms with Crippen LogP contribution in [-0.4, -0.2) is 0 Å². The summed E-state index contributed by atoms with van der Waals surface area (Å²) in [6.45, 7) is 0. The Bertz CT molecular complexity index is 164. The van der Waals surface area contributed by atoms with Gasteiger partial charge in [0.15, 0.2) is 0 Å². The second kappa shape index (κ2) is 1.87. The highest BCUT2D eigenvalue weighted by molar-refractivity contribution is 5.21. The molecule has 0 heteroatoms. The van der Waals surface area contributed by atoms with Gasteiger partial charge in [0.05, 0.1) is 0 Å². The number of fused-ring (bicyclic) bond motifs is 2. The molecule has 0 amide bonds. The van der Waals surface area contributed by atoms with Crippen LogP contribution in [0.4, 0.5) is 0 Å². The molecule has 2 bridgehead atoms. The Morgan fingerprint density at radius 1 is 0.778 bits per heavy atom. The third kappa shape index (κ3) is 0.849. The van der Waals surface area contributed by atoms with E-state index in [1.165, 1.54) is 6.42 Å². The smallest absolute Gasteiger partial charge is 0.00416 e. The molecule has 0 aliphatic heterocycles. The van der Waals surface area contributed by atoms with E-state index in [4.69, 9.17) is 0 Å². The maximum absolute atomic E-state index is 2.30. The summed E-state index contributed by atoms with van der Waals surface area (Å²) in [5, 5.41) is 0. The van der Waals surface area contributed by atoms with Gasteiger partial charge in [0.1, 0.15) is 0 Å². The zero-order valence-electron chi connectivity index (χ0n) is 5.33. The molecule has 0 heterocycles. The number of hydrogen-bond acceptors (Lipinski definition) is 0. The number of allylic oxidation sites excluding steroid dienone is 6. The lowest BCUT2D eigenvalue weighted by molar-refractivity contribution is 0.683. The first-order valence-electron chi connectivity index (χ1n) is 3.48. The van der Waals surface area contributed by atoms with E-state index >= 15 is 0 Å². The molecule has 0 saturated carbocycles. The predicted molar refractivity (Wildman–Crippen MR) is 39.0 cm³/mol. The highest BCUT2D eigenvalue weighted by Gasteiger charge is 2.14. The van der Waals surface area contributed by atoms with Crippen molar-refractivity contribution < 1.29 is 0 Å². The Kier molecular flexibility index (Phi) is 1.05. The molecule has 0 aromatic rings. The van der Waals surface area contributed by atoms with Gasteiger partial charge in [-0.1, -0.05) is 36.5 Å². The van der Waals surface area contributed by atoms with Crippen LogP contribution in [0.5, 0.6) is 0 Å². The van der Waals surface area contributed by atoms with Gasteiger partial charge in [-0.25, -0.2) is 0 Å². The highest BCUT2D eigenvalue weighted by atomic mass is 14.2. The maximum atomic E-state index is 2.30. The van der Waals surface area contributed by atoms with Gasteiger partial charge in [0.2, 0.25) is 0 Å². The van der Waals surface area contributed by atoms with E-state index in [9.17, 15) is 0 Å². The van der Waals surface area contributed by atoms with E-state index in [2.05, 4.69) is 36.5 Å². The fourth-order valence-electron chi connectivity index (χ4n) is 1.46. The molecule has 0 aromatic carbocycles. The molecule has 0 nitrogen and oxygen atoms in total. The standard InChI is InChI=1S/C9H10/c1-2-4-9-6-5-8(3-1)7-9/h1-6,8-9H,7H2/t8-,9+. The van der Waals surface area contributed by atoms with Crippen LogP contribution in [0.3, 0.4) is 0 Å². The fourth-order valence-corrected chi connectivity index (χ4v) is 1.46. The maximum Gasteiger partial charge on any atom is -0.00416 e. The summed E-state index contributed by atoms with van der Waals surface area (Å²) in [4.78, 5) is 0. The van der Waals surface area contributed by atoms with Crippen LogP contribution in [-0.2, 0) is 0 Å². The molecule has 46 valence electrons. The Morgan fingerprint density at radius 2 is 1.33 bits per heavy atom. The van der Waals surface area contributed by atoms with Gasteiger partial charge in [0.25, 0.3) is 0 Å². The third-order valence-corrected chi connectivity index (χ3v) is 1.98. The molecule has 0 spiro atoms. The van der Waals surface area contributed by atoms with Crippen molar-refractivity contribution in [2.75, 3.05) is 0 Å². The van der Waals surface area contributed by atoms with Gasteiger partial charge in [-0.2, -0.15) is 0 Å². The summed E-state index contributed by atoms with van der Waals surface area (Å²) >= 11 is 0. The van der Waals surface area contributed by atoms with E-state index in [-0.39, 0.29) is 0 Å². The zero-order chi connectivity index (χ0) is 6.10. The SMILES string of the molecule is C1=C[C@@H]2C=C[C@H](C=C1)C2. The Labute approximate surface area is 55.6 Å². The van der Waals surface area contributed by atoms with Crippen molar-refractivity contribution in [3.05, 3.63) is 36.5 Å². The Balaban J connectivity index is 2.31. The van der Waals surface area contributed by atoms with Gasteiger partial charge in [0, 0.05) is 0 Å². The molecule has 0 radical (unpaired) electrons. The summed E-state index contributed by atoms with van der Waals surface area (Å²) < 4.78 is 0. The minimum atomic E-state index is 0.727. The van der Waals surface area contributed by atoms with Crippen LogP contribution in [0, 0.1) is 11.8 Å². The van der Waals surface area contributed by atoms with Crippen LogP contribution < -0.4 is 0 Å². The molecule has 2 aliphatic carbocycles. The van der Waals surface area contributed by atoms with Gasteiger partial charge in [-0.3, -0.25) is 0 Å². The van der Waals surface area contributed by atoms with Crippen LogP contribution in [0.1, 0.15) is 6.42 Å². The molecule has 2 atom stereocenters. The van der Waals surface area contributed by atoms with E-state index < -0.39 is 0 Å². The molecule has 0 saturated heterocycles. The van der Waals surface area contributed by atoms with Crippen molar-refractivity contribution in [3.63, 3.8) is 0 Å². The second-order valence-electron chi connectivity index (χ2n) is 2.72. The van der Waals surface area contributed by atoms with Crippen molar-refractivity contribution in [2.45, 2.75) is 6.42 Å². The first-order chi connectivity index (χ1) is 4.45. The Morgan fingerprint density at radius 3 is 1.89 bits per heavy atom. The highest BCUT2D eigenvalue weighted by Crippen LogP contribution is 2.27. The summed E-state index contributed by atoms with van der Waals surface area (Å²) in [5.74, 6) is 1.45. The van der Waals surface area contributed by atoms with E-state index in [1.54, 1.807) is 0 Å². The van der Waals surface area contributed by atoms with Crippen molar-refractivity contribution >= 4 is 0 Å². The van der Waals surface area contributed by atoms with Gasteiger partial charge < -0.3 is 0 Å². The molecular formula is C9H10. The largest absolute Gasteiger partial charge is 0.0810 e. The lowest BCUT2D eigenvalue weighted by Gasteiger charge is -1.99. The zero-order valence-corrected chi connectivity index (χ0v) is 5.33. The molecule has 0 unspecified atom stereocenters. The second-order valence-corrected chi connectivity index (χ2v) is 2.72. The third-order valence-electron chi connectivity index (χ3n) is 1.98. The molecule has 2 aliphatic rings. The first-order valence-corrected chi connectivity index (χ1v) is 3.48. The van der Waals surface area contributed by atoms with Gasteiger partial charge in [-0.15, -0.1) is 0 Å². The predicted octanol–water partition coefficient (Wildman–Crippen LogP) is 2.30. The molecule has 0 fully saturated rings. The average Bonchev–Trinajstić information content (AvgIpc) is 2.09. The van der Waals surface area contributed by atoms with Crippen molar-refractivity contribution in [1.29, 1.82) is 0 Å². The van der Waals surface area contributed by atoms with E-state index in [0.29, 0.717) is 0 Å². The van der Waals surface area contributed by atoms with Gasteiger partial charge >= 0.3 is 0 Å². The van der Waals surface area contributed by atoms with Crippen molar-refractivity contribution in [2.24, 2.45) is 11.8 Å². The van der Waals surface area contributed by atoms with E-state index in [0.717, 1.165) is 11.8 Å². The lowest BCUT2D eigenvalue weighted by Crippen LogP contribution is -1.88.